The maximum Gasteiger partial charge on any atom is 0.274 e. The van der Waals surface area contributed by atoms with Crippen LogP contribution in [0.4, 0.5) is 5.69 Å². The molecule has 2 heterocycles. The molecule has 1 aromatic heterocycles. The van der Waals surface area contributed by atoms with E-state index in [0.29, 0.717) is 27.9 Å². The van der Waals surface area contributed by atoms with Crippen LogP contribution < -0.4 is 0 Å². The molecule has 0 unspecified atom stereocenters. The number of carbonyl (C=O) groups is 1. The standard InChI is InChI=1S/C26H19N3O3S2/c30-25-24(34-26(33)28(25)15-18-8-2-1-3-9-18)14-20-17-27(23-13-7-5-11-21(20)23)16-19-10-4-6-12-22(19)29(31)32/h1-14,17H,15-16H2/b24-14-. The maximum absolute atomic E-state index is 13.1. The number of amides is 1. The molecule has 3 aromatic carbocycles. The van der Waals surface area contributed by atoms with Gasteiger partial charge in [-0.2, -0.15) is 0 Å². The van der Waals surface area contributed by atoms with Crippen molar-refractivity contribution in [1.29, 1.82) is 0 Å². The number of thioether (sulfide) groups is 1. The zero-order valence-corrected chi connectivity index (χ0v) is 19.6. The summed E-state index contributed by atoms with van der Waals surface area (Å²) in [6.07, 6.45) is 3.80. The molecule has 168 valence electrons. The van der Waals surface area contributed by atoms with Crippen LogP contribution in [0.25, 0.3) is 17.0 Å². The predicted molar refractivity (Wildman–Crippen MR) is 139 cm³/mol. The van der Waals surface area contributed by atoms with E-state index in [1.807, 2.05) is 71.4 Å². The van der Waals surface area contributed by atoms with Crippen LogP contribution in [0.15, 0.2) is 90.0 Å². The highest BCUT2D eigenvalue weighted by atomic mass is 32.2. The van der Waals surface area contributed by atoms with Crippen LogP contribution in [-0.2, 0) is 17.9 Å². The van der Waals surface area contributed by atoms with Crippen molar-refractivity contribution in [3.05, 3.63) is 117 Å². The summed E-state index contributed by atoms with van der Waals surface area (Å²) in [6, 6.07) is 24.3. The molecule has 0 atom stereocenters. The van der Waals surface area contributed by atoms with Crippen molar-refractivity contribution in [1.82, 2.24) is 9.47 Å². The number of fused-ring (bicyclic) bond motifs is 1. The minimum absolute atomic E-state index is 0.0867. The molecule has 8 heteroatoms. The first-order chi connectivity index (χ1) is 16.5. The fourth-order valence-electron chi connectivity index (χ4n) is 4.07. The third-order valence-corrected chi connectivity index (χ3v) is 7.07. The van der Waals surface area contributed by atoms with E-state index in [2.05, 4.69) is 0 Å². The molecular formula is C26H19N3O3S2. The number of thiocarbonyl (C=S) groups is 1. The Labute approximate surface area is 205 Å². The van der Waals surface area contributed by atoms with Gasteiger partial charge in [0.2, 0.25) is 0 Å². The minimum atomic E-state index is -0.361. The quantitative estimate of drug-likeness (QED) is 0.145. The molecular weight excluding hydrogens is 466 g/mol. The van der Waals surface area contributed by atoms with Crippen LogP contribution in [0.2, 0.25) is 0 Å². The zero-order chi connectivity index (χ0) is 23.7. The van der Waals surface area contributed by atoms with Gasteiger partial charge in [-0.25, -0.2) is 0 Å². The highest BCUT2D eigenvalue weighted by molar-refractivity contribution is 8.26. The van der Waals surface area contributed by atoms with E-state index in [0.717, 1.165) is 22.0 Å². The van der Waals surface area contributed by atoms with E-state index in [1.165, 1.54) is 17.8 Å². The second-order valence-electron chi connectivity index (χ2n) is 7.87. The molecule has 0 radical (unpaired) electrons. The Kier molecular flexibility index (Phi) is 6.00. The number of nitro benzene ring substituents is 1. The van der Waals surface area contributed by atoms with Crippen LogP contribution in [0.5, 0.6) is 0 Å². The average Bonchev–Trinajstić information content (AvgIpc) is 3.32. The van der Waals surface area contributed by atoms with Gasteiger partial charge < -0.3 is 4.57 Å². The SMILES string of the molecule is O=C1/C(=C/c2cn(Cc3ccccc3[N+](=O)[O-])c3ccccc23)SC(=S)N1Cc1ccccc1. The second kappa shape index (κ2) is 9.24. The highest BCUT2D eigenvalue weighted by Gasteiger charge is 2.32. The number of para-hydroxylation sites is 2. The molecule has 5 rings (SSSR count). The molecule has 1 aliphatic rings. The molecule has 4 aromatic rings. The normalized spacial score (nSPS) is 14.9. The first-order valence-electron chi connectivity index (χ1n) is 10.6. The molecule has 0 N–H and O–H groups in total. The number of hydrogen-bond acceptors (Lipinski definition) is 5. The summed E-state index contributed by atoms with van der Waals surface area (Å²) in [7, 11) is 0. The van der Waals surface area contributed by atoms with Crippen molar-refractivity contribution >= 4 is 56.9 Å². The lowest BCUT2D eigenvalue weighted by Gasteiger charge is -2.14. The van der Waals surface area contributed by atoms with Crippen LogP contribution >= 0.6 is 24.0 Å². The van der Waals surface area contributed by atoms with Gasteiger partial charge in [-0.3, -0.25) is 19.8 Å². The Morgan fingerprint density at radius 3 is 2.44 bits per heavy atom. The van der Waals surface area contributed by atoms with Gasteiger partial charge in [0.25, 0.3) is 11.6 Å². The largest absolute Gasteiger partial charge is 0.342 e. The summed E-state index contributed by atoms with van der Waals surface area (Å²) < 4.78 is 2.51. The van der Waals surface area contributed by atoms with E-state index in [-0.39, 0.29) is 16.5 Å². The molecule has 0 aliphatic carbocycles. The Morgan fingerprint density at radius 1 is 0.941 bits per heavy atom. The summed E-state index contributed by atoms with van der Waals surface area (Å²) >= 11 is 6.79. The molecule has 34 heavy (non-hydrogen) atoms. The lowest BCUT2D eigenvalue weighted by atomic mass is 10.1. The van der Waals surface area contributed by atoms with Gasteiger partial charge in [0.1, 0.15) is 4.32 Å². The first kappa shape index (κ1) is 22.1. The minimum Gasteiger partial charge on any atom is -0.342 e. The number of rotatable bonds is 6. The van der Waals surface area contributed by atoms with Crippen LogP contribution in [0, 0.1) is 10.1 Å². The van der Waals surface area contributed by atoms with E-state index in [1.54, 1.807) is 23.1 Å². The van der Waals surface area contributed by atoms with Crippen molar-refractivity contribution in [2.45, 2.75) is 13.1 Å². The zero-order valence-electron chi connectivity index (χ0n) is 18.0. The monoisotopic (exact) mass is 485 g/mol. The van der Waals surface area contributed by atoms with Gasteiger partial charge in [-0.15, -0.1) is 0 Å². The fourth-order valence-corrected chi connectivity index (χ4v) is 5.32. The highest BCUT2D eigenvalue weighted by Crippen LogP contribution is 2.35. The van der Waals surface area contributed by atoms with Crippen LogP contribution in [-0.4, -0.2) is 24.6 Å². The van der Waals surface area contributed by atoms with Crippen molar-refractivity contribution in [3.63, 3.8) is 0 Å². The molecule has 1 amide bonds. The molecule has 1 fully saturated rings. The molecule has 0 saturated carbocycles. The van der Waals surface area contributed by atoms with Crippen molar-refractivity contribution in [2.24, 2.45) is 0 Å². The van der Waals surface area contributed by atoms with Crippen LogP contribution in [0.3, 0.4) is 0 Å². The molecule has 0 bridgehead atoms. The van der Waals surface area contributed by atoms with E-state index >= 15 is 0 Å². The van der Waals surface area contributed by atoms with Gasteiger partial charge in [-0.1, -0.05) is 90.7 Å². The fraction of sp³-hybridized carbons (Fsp3) is 0.0769. The van der Waals surface area contributed by atoms with E-state index < -0.39 is 0 Å². The van der Waals surface area contributed by atoms with E-state index in [4.69, 9.17) is 12.2 Å². The number of aromatic nitrogens is 1. The van der Waals surface area contributed by atoms with Crippen molar-refractivity contribution in [3.8, 4) is 0 Å². The van der Waals surface area contributed by atoms with Gasteiger partial charge in [0.15, 0.2) is 0 Å². The molecule has 1 saturated heterocycles. The summed E-state index contributed by atoms with van der Waals surface area (Å²) in [5.74, 6) is -0.116. The Morgan fingerprint density at radius 2 is 1.65 bits per heavy atom. The van der Waals surface area contributed by atoms with Crippen molar-refractivity contribution < 1.29 is 9.72 Å². The Bertz CT molecular complexity index is 1460. The summed E-state index contributed by atoms with van der Waals surface area (Å²) in [5, 5.41) is 12.4. The predicted octanol–water partition coefficient (Wildman–Crippen LogP) is 6.00. The topological polar surface area (TPSA) is 68.4 Å². The number of hydrogen-bond donors (Lipinski definition) is 0. The van der Waals surface area contributed by atoms with Gasteiger partial charge in [0.05, 0.1) is 22.9 Å². The third kappa shape index (κ3) is 4.25. The third-order valence-electron chi connectivity index (χ3n) is 5.69. The van der Waals surface area contributed by atoms with Crippen molar-refractivity contribution in [2.75, 3.05) is 0 Å². The Balaban J connectivity index is 1.49. The first-order valence-corrected chi connectivity index (χ1v) is 11.8. The van der Waals surface area contributed by atoms with Gasteiger partial charge in [0, 0.05) is 34.3 Å². The van der Waals surface area contributed by atoms with Crippen LogP contribution in [0.1, 0.15) is 16.7 Å². The van der Waals surface area contributed by atoms with Gasteiger partial charge in [-0.05, 0) is 17.7 Å². The summed E-state index contributed by atoms with van der Waals surface area (Å²) in [6.45, 7) is 0.781. The Hall–Kier alpha value is -3.75. The maximum atomic E-state index is 13.1. The van der Waals surface area contributed by atoms with Gasteiger partial charge >= 0.3 is 0 Å². The summed E-state index contributed by atoms with van der Waals surface area (Å²) in [4.78, 5) is 26.4. The number of nitro groups is 1. The molecule has 0 spiro atoms. The molecule has 6 nitrogen and oxygen atoms in total. The lowest BCUT2D eigenvalue weighted by Crippen LogP contribution is -2.27. The summed E-state index contributed by atoms with van der Waals surface area (Å²) in [5.41, 5.74) is 3.53. The number of carbonyl (C=O) groups excluding carboxylic acids is 1. The average molecular weight is 486 g/mol. The number of nitrogens with zero attached hydrogens (tertiary/aromatic N) is 3. The number of benzene rings is 3. The lowest BCUT2D eigenvalue weighted by molar-refractivity contribution is -0.385. The van der Waals surface area contributed by atoms with E-state index in [9.17, 15) is 14.9 Å². The molecule has 1 aliphatic heterocycles. The smallest absolute Gasteiger partial charge is 0.274 e. The second-order valence-corrected chi connectivity index (χ2v) is 9.54.